The van der Waals surface area contributed by atoms with Gasteiger partial charge in [-0.05, 0) is 36.5 Å². The highest BCUT2D eigenvalue weighted by Crippen LogP contribution is 2.66. The predicted octanol–water partition coefficient (Wildman–Crippen LogP) is 0.584. The van der Waals surface area contributed by atoms with Crippen molar-refractivity contribution < 1.29 is 4.74 Å². The summed E-state index contributed by atoms with van der Waals surface area (Å²) in [6, 6.07) is 0. The van der Waals surface area contributed by atoms with Crippen LogP contribution >= 0.6 is 0 Å². The highest BCUT2D eigenvalue weighted by molar-refractivity contribution is 6.12. The average Bonchev–Trinajstić information content (AvgIpc) is 2.42. The molecule has 4 aliphatic rings. The van der Waals surface area contributed by atoms with E-state index in [9.17, 15) is 0 Å². The highest BCUT2D eigenvalue weighted by Gasteiger charge is 2.65. The topological polar surface area (TPSA) is 12.5 Å². The normalized spacial score (nSPS) is 71.5. The summed E-state index contributed by atoms with van der Waals surface area (Å²) in [5, 5.41) is 0. The van der Waals surface area contributed by atoms with Gasteiger partial charge in [-0.25, -0.2) is 0 Å². The van der Waals surface area contributed by atoms with Crippen LogP contribution in [0.15, 0.2) is 0 Å². The number of fused-ring (bicyclic) bond motifs is 7. The van der Waals surface area contributed by atoms with E-state index in [-0.39, 0.29) is 0 Å². The van der Waals surface area contributed by atoms with Crippen LogP contribution in [0.1, 0.15) is 19.3 Å². The maximum Gasteiger partial charge on any atom is 0.0875 e. The fraction of sp³-hybridized carbons (Fsp3) is 1.00. The van der Waals surface area contributed by atoms with Crippen LogP contribution in [0.5, 0.6) is 0 Å². The van der Waals surface area contributed by atoms with Crippen LogP contribution in [0.2, 0.25) is 5.54 Å². The van der Waals surface area contributed by atoms with Crippen molar-refractivity contribution in [3.8, 4) is 0 Å². The molecule has 0 spiro atoms. The van der Waals surface area contributed by atoms with Crippen LogP contribution in [0.25, 0.3) is 0 Å². The molecule has 4 fully saturated rings. The Labute approximate surface area is 76.3 Å². The lowest BCUT2D eigenvalue weighted by Crippen LogP contribution is -2.25. The number of hydrogen-bond donors (Lipinski definition) is 0. The summed E-state index contributed by atoms with van der Waals surface area (Å²) in [6.07, 6.45) is 6.09. The van der Waals surface area contributed by atoms with Gasteiger partial charge in [0, 0.05) is 10.2 Å². The van der Waals surface area contributed by atoms with Crippen molar-refractivity contribution in [2.45, 2.75) is 37.0 Å². The third-order valence-electron chi connectivity index (χ3n) is 5.08. The Morgan fingerprint density at radius 3 is 2.92 bits per heavy atom. The fourth-order valence-corrected chi connectivity index (χ4v) is 5.96. The molecule has 1 aliphatic heterocycles. The van der Waals surface area contributed by atoms with Gasteiger partial charge in [0.15, 0.2) is 0 Å². The van der Waals surface area contributed by atoms with Crippen LogP contribution in [0, 0.1) is 23.7 Å². The molecule has 66 valence electrons. The molecule has 0 radical (unpaired) electrons. The molecule has 3 aliphatic carbocycles. The Kier molecular flexibility index (Phi) is 1.01. The van der Waals surface area contributed by atoms with E-state index in [1.54, 1.807) is 12.8 Å². The monoisotopic (exact) mass is 180 g/mol. The van der Waals surface area contributed by atoms with Crippen LogP contribution in [0.3, 0.4) is 0 Å². The molecule has 7 unspecified atom stereocenters. The lowest BCUT2D eigenvalue weighted by molar-refractivity contribution is 0.148. The summed E-state index contributed by atoms with van der Waals surface area (Å²) < 4.78 is 5.68. The smallest absolute Gasteiger partial charge is 0.0875 e. The molecular formula is C10H16OSi. The van der Waals surface area contributed by atoms with E-state index in [1.807, 2.05) is 0 Å². The van der Waals surface area contributed by atoms with Crippen molar-refractivity contribution in [2.24, 2.45) is 23.7 Å². The molecule has 7 atom stereocenters. The minimum atomic E-state index is 0.734. The van der Waals surface area contributed by atoms with Gasteiger partial charge in [-0.2, -0.15) is 0 Å². The summed E-state index contributed by atoms with van der Waals surface area (Å²) in [4.78, 5) is 0. The first kappa shape index (κ1) is 6.60. The van der Waals surface area contributed by atoms with Crippen molar-refractivity contribution in [3.63, 3.8) is 0 Å². The molecule has 0 aromatic heterocycles. The molecule has 1 heterocycles. The first-order valence-electron chi connectivity index (χ1n) is 5.50. The molecule has 0 amide bonds. The minimum absolute atomic E-state index is 0.734. The van der Waals surface area contributed by atoms with Gasteiger partial charge >= 0.3 is 0 Å². The second kappa shape index (κ2) is 1.83. The molecule has 0 aromatic rings. The Morgan fingerprint density at radius 1 is 1.08 bits per heavy atom. The van der Waals surface area contributed by atoms with Gasteiger partial charge in [0.2, 0.25) is 0 Å². The number of ether oxygens (including phenoxy) is 1. The minimum Gasteiger partial charge on any atom is -0.369 e. The van der Waals surface area contributed by atoms with Crippen molar-refractivity contribution in [3.05, 3.63) is 0 Å². The molecule has 12 heavy (non-hydrogen) atoms. The number of hydrogen-bond acceptors (Lipinski definition) is 1. The van der Waals surface area contributed by atoms with Crippen molar-refractivity contribution in [1.29, 1.82) is 0 Å². The van der Waals surface area contributed by atoms with Gasteiger partial charge in [-0.1, -0.05) is 12.0 Å². The Morgan fingerprint density at radius 2 is 2.00 bits per heavy atom. The zero-order valence-corrected chi connectivity index (χ0v) is 9.57. The van der Waals surface area contributed by atoms with E-state index in [4.69, 9.17) is 4.74 Å². The quantitative estimate of drug-likeness (QED) is 0.392. The lowest BCUT2D eigenvalue weighted by atomic mass is 9.80. The first-order chi connectivity index (χ1) is 5.84. The highest BCUT2D eigenvalue weighted by atomic mass is 28.1. The Balaban J connectivity index is 1.74. The summed E-state index contributed by atoms with van der Waals surface area (Å²) >= 11 is 0. The van der Waals surface area contributed by atoms with E-state index in [0.29, 0.717) is 0 Å². The first-order valence-corrected chi connectivity index (χ1v) is 6.65. The standard InChI is InChI=1S/C10H16OSi/c12-8-2-4-1-6(8)9-5(4)3-7-10(9)11-7/h4-10H,1-3H2,12H3. The Bertz CT molecular complexity index is 242. The van der Waals surface area contributed by atoms with Gasteiger partial charge in [0.05, 0.1) is 12.2 Å². The van der Waals surface area contributed by atoms with Gasteiger partial charge < -0.3 is 4.74 Å². The largest absolute Gasteiger partial charge is 0.369 e. The van der Waals surface area contributed by atoms with Crippen LogP contribution in [-0.2, 0) is 4.74 Å². The van der Waals surface area contributed by atoms with E-state index >= 15 is 0 Å². The molecule has 3 saturated carbocycles. The second-order valence-electron chi connectivity index (χ2n) is 5.49. The molecule has 1 saturated heterocycles. The zero-order chi connectivity index (χ0) is 7.87. The van der Waals surface area contributed by atoms with Crippen LogP contribution in [-0.4, -0.2) is 22.5 Å². The zero-order valence-electron chi connectivity index (χ0n) is 7.57. The lowest BCUT2D eigenvalue weighted by Gasteiger charge is -2.30. The second-order valence-corrected chi connectivity index (χ2v) is 6.97. The van der Waals surface area contributed by atoms with Gasteiger partial charge in [0.1, 0.15) is 0 Å². The summed E-state index contributed by atoms with van der Waals surface area (Å²) in [7, 11) is 1.44. The third kappa shape index (κ3) is 0.588. The van der Waals surface area contributed by atoms with Crippen LogP contribution in [0.4, 0.5) is 0 Å². The van der Waals surface area contributed by atoms with E-state index in [0.717, 1.165) is 41.4 Å². The maximum atomic E-state index is 5.68. The summed E-state index contributed by atoms with van der Waals surface area (Å²) in [5.74, 6) is 4.41. The molecule has 2 heteroatoms. The molecule has 2 bridgehead atoms. The van der Waals surface area contributed by atoms with Crippen molar-refractivity contribution in [2.75, 3.05) is 0 Å². The average molecular weight is 180 g/mol. The molecule has 4 rings (SSSR count). The van der Waals surface area contributed by atoms with E-state index < -0.39 is 0 Å². The summed E-state index contributed by atoms with van der Waals surface area (Å²) in [6.45, 7) is 0. The Hall–Kier alpha value is 0.177. The predicted molar refractivity (Wildman–Crippen MR) is 50.2 cm³/mol. The van der Waals surface area contributed by atoms with E-state index in [1.165, 1.54) is 16.7 Å². The van der Waals surface area contributed by atoms with Gasteiger partial charge in [-0.3, -0.25) is 0 Å². The van der Waals surface area contributed by atoms with Gasteiger partial charge in [-0.15, -0.1) is 0 Å². The SMILES string of the molecule is [SiH3]C1CC2CC1C1C2CC2OC21. The molecule has 0 aromatic carbocycles. The summed E-state index contributed by atoms with van der Waals surface area (Å²) in [5.41, 5.74) is 1.15. The third-order valence-corrected chi connectivity index (χ3v) is 6.41. The number of epoxide rings is 1. The van der Waals surface area contributed by atoms with Gasteiger partial charge in [0.25, 0.3) is 0 Å². The molecular weight excluding hydrogens is 164 g/mol. The number of rotatable bonds is 0. The van der Waals surface area contributed by atoms with Crippen molar-refractivity contribution in [1.82, 2.24) is 0 Å². The van der Waals surface area contributed by atoms with E-state index in [2.05, 4.69) is 0 Å². The maximum absolute atomic E-state index is 5.68. The molecule has 0 N–H and O–H groups in total. The fourth-order valence-electron chi connectivity index (χ4n) is 4.64. The van der Waals surface area contributed by atoms with Crippen molar-refractivity contribution >= 4 is 10.2 Å². The van der Waals surface area contributed by atoms with Crippen LogP contribution < -0.4 is 0 Å². The molecule has 1 nitrogen and oxygen atoms in total.